The molecular weight excluding hydrogens is 280 g/mol. The minimum absolute atomic E-state index is 0.0220. The third-order valence-electron chi connectivity index (χ3n) is 4.42. The summed E-state index contributed by atoms with van der Waals surface area (Å²) in [7, 11) is 0. The lowest BCUT2D eigenvalue weighted by molar-refractivity contribution is -0.137. The van der Waals surface area contributed by atoms with E-state index in [1.807, 2.05) is 6.92 Å². The Bertz CT molecular complexity index is 745. The summed E-state index contributed by atoms with van der Waals surface area (Å²) in [4.78, 5) is 26.4. The second kappa shape index (κ2) is 5.25. The number of aromatic nitrogens is 1. The molecule has 0 aromatic carbocycles. The van der Waals surface area contributed by atoms with Gasteiger partial charge in [-0.1, -0.05) is 11.6 Å². The number of pyridine rings is 1. The maximum Gasteiger partial charge on any atom is 0.330 e. The number of allylic oxidation sites excluding steroid dienone is 1. The van der Waals surface area contributed by atoms with Crippen molar-refractivity contribution in [3.8, 4) is 0 Å². The first-order valence-corrected chi connectivity index (χ1v) is 7.51. The molecule has 0 unspecified atom stereocenters. The molecule has 116 valence electrons. The molecule has 0 radical (unpaired) electrons. The highest BCUT2D eigenvalue weighted by molar-refractivity contribution is 5.84. The number of nitrogens with two attached hydrogens (primary N) is 1. The van der Waals surface area contributed by atoms with Crippen LogP contribution in [0.15, 0.2) is 40.2 Å². The summed E-state index contributed by atoms with van der Waals surface area (Å²) < 4.78 is 5.04. The summed E-state index contributed by atoms with van der Waals surface area (Å²) in [5.74, 6) is -0.341. The number of nitrogens with one attached hydrogen (secondary N) is 1. The van der Waals surface area contributed by atoms with E-state index in [0.717, 1.165) is 16.8 Å². The van der Waals surface area contributed by atoms with Gasteiger partial charge in [0, 0.05) is 23.8 Å². The molecule has 5 heteroatoms. The van der Waals surface area contributed by atoms with Crippen LogP contribution in [0.4, 0.5) is 0 Å². The van der Waals surface area contributed by atoms with E-state index in [2.05, 4.69) is 11.1 Å². The Morgan fingerprint density at radius 2 is 2.32 bits per heavy atom. The van der Waals surface area contributed by atoms with Crippen LogP contribution in [0.2, 0.25) is 0 Å². The van der Waals surface area contributed by atoms with Gasteiger partial charge < -0.3 is 15.5 Å². The smallest absolute Gasteiger partial charge is 0.330 e. The molecule has 0 aliphatic heterocycles. The molecule has 0 saturated heterocycles. The monoisotopic (exact) mass is 300 g/mol. The molecule has 2 atom stereocenters. The summed E-state index contributed by atoms with van der Waals surface area (Å²) in [5.41, 5.74) is 9.65. The maximum absolute atomic E-state index is 11.9. The van der Waals surface area contributed by atoms with Crippen molar-refractivity contribution in [2.75, 3.05) is 6.61 Å². The standard InChI is InChI=1S/C17H20N2O3/c1-3-22-16(21)8-13-11-6-10(2)9-17(13,18)12-4-5-15(20)19-14(12)7-11/h4-6,8,11H,3,7,9,18H2,1-2H3,(H,19,20)/t11-,17-/m1/s1. The zero-order chi connectivity index (χ0) is 15.9. The average molecular weight is 300 g/mol. The highest BCUT2D eigenvalue weighted by Crippen LogP contribution is 2.47. The van der Waals surface area contributed by atoms with Gasteiger partial charge in [0.1, 0.15) is 0 Å². The molecule has 0 spiro atoms. The molecule has 0 fully saturated rings. The quantitative estimate of drug-likeness (QED) is 0.493. The van der Waals surface area contributed by atoms with Crippen LogP contribution in [-0.4, -0.2) is 17.6 Å². The lowest BCUT2D eigenvalue weighted by Gasteiger charge is -2.45. The summed E-state index contributed by atoms with van der Waals surface area (Å²) in [6.45, 7) is 4.16. The lowest BCUT2D eigenvalue weighted by atomic mass is 9.63. The minimum Gasteiger partial charge on any atom is -0.463 e. The number of esters is 1. The molecule has 5 nitrogen and oxygen atoms in total. The molecule has 2 aliphatic rings. The van der Waals surface area contributed by atoms with Gasteiger partial charge in [-0.15, -0.1) is 0 Å². The van der Waals surface area contributed by atoms with Crippen LogP contribution in [0, 0.1) is 5.92 Å². The van der Waals surface area contributed by atoms with E-state index in [9.17, 15) is 9.59 Å². The molecule has 2 aliphatic carbocycles. The predicted octanol–water partition coefficient (Wildman–Crippen LogP) is 1.54. The number of carbonyl (C=O) groups is 1. The first kappa shape index (κ1) is 14.8. The zero-order valence-electron chi connectivity index (χ0n) is 12.8. The maximum atomic E-state index is 11.9. The average Bonchev–Trinajstić information content (AvgIpc) is 2.41. The van der Waals surface area contributed by atoms with Crippen molar-refractivity contribution in [2.24, 2.45) is 11.7 Å². The molecule has 2 bridgehead atoms. The number of hydrogen-bond acceptors (Lipinski definition) is 4. The molecular formula is C17H20N2O3. The van der Waals surface area contributed by atoms with Crippen molar-refractivity contribution in [2.45, 2.75) is 32.2 Å². The Labute approximate surface area is 128 Å². The number of aromatic amines is 1. The molecule has 0 saturated carbocycles. The lowest BCUT2D eigenvalue weighted by Crippen LogP contribution is -2.48. The first-order chi connectivity index (χ1) is 10.4. The number of rotatable bonds is 2. The SMILES string of the molecule is CCOC(=O)C=C1[C@@H]2C=C(C)C[C@@]1(N)c1ccc(=O)[nH]c1C2. The van der Waals surface area contributed by atoms with E-state index in [4.69, 9.17) is 10.5 Å². The molecule has 0 amide bonds. The molecule has 3 rings (SSSR count). The van der Waals surface area contributed by atoms with E-state index in [1.54, 1.807) is 13.0 Å². The van der Waals surface area contributed by atoms with Gasteiger partial charge in [0.25, 0.3) is 0 Å². The zero-order valence-corrected chi connectivity index (χ0v) is 12.8. The Balaban J connectivity index is 2.16. The van der Waals surface area contributed by atoms with Crippen LogP contribution in [0.5, 0.6) is 0 Å². The Hall–Kier alpha value is -2.14. The van der Waals surface area contributed by atoms with Gasteiger partial charge in [-0.05, 0) is 43.9 Å². The van der Waals surface area contributed by atoms with E-state index in [0.29, 0.717) is 19.4 Å². The third kappa shape index (κ3) is 2.31. The molecule has 1 heterocycles. The van der Waals surface area contributed by atoms with Gasteiger partial charge in [-0.3, -0.25) is 4.79 Å². The van der Waals surface area contributed by atoms with Crippen LogP contribution in [0.1, 0.15) is 31.5 Å². The molecule has 1 aromatic heterocycles. The first-order valence-electron chi connectivity index (χ1n) is 7.51. The van der Waals surface area contributed by atoms with E-state index >= 15 is 0 Å². The molecule has 3 N–H and O–H groups in total. The Kier molecular flexibility index (Phi) is 3.53. The van der Waals surface area contributed by atoms with Gasteiger partial charge >= 0.3 is 5.97 Å². The van der Waals surface area contributed by atoms with Crippen LogP contribution in [0.25, 0.3) is 0 Å². The fourth-order valence-corrected chi connectivity index (χ4v) is 3.65. The van der Waals surface area contributed by atoms with Gasteiger partial charge in [-0.25, -0.2) is 4.79 Å². The van der Waals surface area contributed by atoms with Gasteiger partial charge in [0.2, 0.25) is 5.56 Å². The van der Waals surface area contributed by atoms with Gasteiger partial charge in [0.15, 0.2) is 0 Å². The second-order valence-corrected chi connectivity index (χ2v) is 6.04. The van der Waals surface area contributed by atoms with Crippen molar-refractivity contribution in [1.82, 2.24) is 4.98 Å². The summed E-state index contributed by atoms with van der Waals surface area (Å²) in [6, 6.07) is 3.27. The number of fused-ring (bicyclic) bond motifs is 4. The van der Waals surface area contributed by atoms with Crippen LogP contribution in [0.3, 0.4) is 0 Å². The summed E-state index contributed by atoms with van der Waals surface area (Å²) >= 11 is 0. The van der Waals surface area contributed by atoms with Crippen LogP contribution >= 0.6 is 0 Å². The summed E-state index contributed by atoms with van der Waals surface area (Å²) in [6.07, 6.45) is 4.94. The predicted molar refractivity (Wildman–Crippen MR) is 83.2 cm³/mol. The molecule has 1 aromatic rings. The number of carbonyl (C=O) groups excluding carboxylic acids is 1. The summed E-state index contributed by atoms with van der Waals surface area (Å²) in [5, 5.41) is 0. The highest BCUT2D eigenvalue weighted by Gasteiger charge is 2.44. The Morgan fingerprint density at radius 3 is 3.05 bits per heavy atom. The Morgan fingerprint density at radius 1 is 1.55 bits per heavy atom. The fraction of sp³-hybridized carbons (Fsp3) is 0.412. The van der Waals surface area contributed by atoms with E-state index < -0.39 is 5.54 Å². The largest absolute Gasteiger partial charge is 0.463 e. The minimum atomic E-state index is -0.756. The number of hydrogen-bond donors (Lipinski definition) is 2. The van der Waals surface area contributed by atoms with Crippen molar-refractivity contribution >= 4 is 5.97 Å². The van der Waals surface area contributed by atoms with Crippen molar-refractivity contribution in [3.05, 3.63) is 57.0 Å². The van der Waals surface area contributed by atoms with Crippen LogP contribution in [-0.2, 0) is 21.5 Å². The highest BCUT2D eigenvalue weighted by atomic mass is 16.5. The van der Waals surface area contributed by atoms with Gasteiger partial charge in [0.05, 0.1) is 12.1 Å². The van der Waals surface area contributed by atoms with E-state index in [1.165, 1.54) is 17.7 Å². The van der Waals surface area contributed by atoms with Crippen molar-refractivity contribution in [1.29, 1.82) is 0 Å². The van der Waals surface area contributed by atoms with Gasteiger partial charge in [-0.2, -0.15) is 0 Å². The fourth-order valence-electron chi connectivity index (χ4n) is 3.65. The molecule has 22 heavy (non-hydrogen) atoms. The van der Waals surface area contributed by atoms with E-state index in [-0.39, 0.29) is 17.4 Å². The third-order valence-corrected chi connectivity index (χ3v) is 4.42. The second-order valence-electron chi connectivity index (χ2n) is 6.04. The van der Waals surface area contributed by atoms with Crippen molar-refractivity contribution in [3.63, 3.8) is 0 Å². The van der Waals surface area contributed by atoms with Crippen LogP contribution < -0.4 is 11.3 Å². The number of H-pyrrole nitrogens is 1. The van der Waals surface area contributed by atoms with Crippen molar-refractivity contribution < 1.29 is 9.53 Å². The normalized spacial score (nSPS) is 28.0. The topological polar surface area (TPSA) is 85.2 Å². The number of ether oxygens (including phenoxy) is 1.